The number of amides is 1. The zero-order chi connectivity index (χ0) is 20.2. The highest BCUT2D eigenvalue weighted by molar-refractivity contribution is 5.95. The smallest absolute Gasteiger partial charge is 0.243 e. The summed E-state index contributed by atoms with van der Waals surface area (Å²) in [5, 5.41) is 16.1. The van der Waals surface area contributed by atoms with Gasteiger partial charge in [-0.15, -0.1) is 0 Å². The Bertz CT molecular complexity index is 1160. The normalized spacial score (nSPS) is 10.7. The molecule has 1 amide bonds. The summed E-state index contributed by atoms with van der Waals surface area (Å²) in [5.41, 5.74) is 4.36. The highest BCUT2D eigenvalue weighted by atomic mass is 16.3. The molecule has 0 fully saturated rings. The Balaban J connectivity index is 1.58. The van der Waals surface area contributed by atoms with E-state index in [9.17, 15) is 9.90 Å². The van der Waals surface area contributed by atoms with Gasteiger partial charge in [-0.25, -0.2) is 9.97 Å². The minimum atomic E-state index is -0.232. The van der Waals surface area contributed by atoms with E-state index in [-0.39, 0.29) is 18.2 Å². The summed E-state index contributed by atoms with van der Waals surface area (Å²) in [7, 11) is 0. The molecule has 3 N–H and O–H groups in total. The standard InChI is InChI=1S/C23H20N4O2/c1-15-7-12-20-19(13-15)22(16-5-3-2-4-6-16)27-23(26-20)24-14-21(29)25-17-8-10-18(28)11-9-17/h2-13,28H,14H2,1H3,(H,25,29)(H,24,26,27). The zero-order valence-electron chi connectivity index (χ0n) is 15.9. The second kappa shape index (κ2) is 7.98. The molecule has 0 unspecified atom stereocenters. The van der Waals surface area contributed by atoms with Gasteiger partial charge in [0.05, 0.1) is 17.8 Å². The number of aromatic hydroxyl groups is 1. The lowest BCUT2D eigenvalue weighted by Crippen LogP contribution is -2.22. The fraction of sp³-hybridized carbons (Fsp3) is 0.0870. The molecule has 0 aliphatic carbocycles. The number of aryl methyl sites for hydroxylation is 1. The molecule has 0 atom stereocenters. The van der Waals surface area contributed by atoms with Crippen LogP contribution in [0.2, 0.25) is 0 Å². The topological polar surface area (TPSA) is 87.1 Å². The van der Waals surface area contributed by atoms with Gasteiger partial charge >= 0.3 is 0 Å². The SMILES string of the molecule is Cc1ccc2nc(NCC(=O)Nc3ccc(O)cc3)nc(-c3ccccc3)c2c1. The number of benzene rings is 3. The predicted octanol–water partition coefficient (Wildman–Crippen LogP) is 4.36. The van der Waals surface area contributed by atoms with E-state index in [1.54, 1.807) is 12.1 Å². The molecule has 1 heterocycles. The van der Waals surface area contributed by atoms with Crippen molar-refractivity contribution in [3.63, 3.8) is 0 Å². The van der Waals surface area contributed by atoms with Crippen LogP contribution in [0.1, 0.15) is 5.56 Å². The molecule has 0 radical (unpaired) electrons. The average molecular weight is 384 g/mol. The second-order valence-corrected chi connectivity index (χ2v) is 6.73. The molecule has 1 aromatic heterocycles. The zero-order valence-corrected chi connectivity index (χ0v) is 15.9. The minimum absolute atomic E-state index is 0.0203. The van der Waals surface area contributed by atoms with Crippen molar-refractivity contribution in [2.45, 2.75) is 6.92 Å². The van der Waals surface area contributed by atoms with E-state index in [0.717, 1.165) is 27.7 Å². The van der Waals surface area contributed by atoms with E-state index in [2.05, 4.69) is 26.7 Å². The number of carbonyl (C=O) groups is 1. The molecule has 6 nitrogen and oxygen atoms in total. The first-order valence-corrected chi connectivity index (χ1v) is 9.25. The van der Waals surface area contributed by atoms with Crippen LogP contribution >= 0.6 is 0 Å². The molecule has 4 aromatic rings. The molecule has 3 aromatic carbocycles. The van der Waals surface area contributed by atoms with Crippen molar-refractivity contribution in [3.8, 4) is 17.0 Å². The summed E-state index contributed by atoms with van der Waals surface area (Å²) in [4.78, 5) is 21.5. The van der Waals surface area contributed by atoms with E-state index in [1.807, 2.05) is 49.4 Å². The van der Waals surface area contributed by atoms with Crippen molar-refractivity contribution in [3.05, 3.63) is 78.4 Å². The Hall–Kier alpha value is -3.93. The van der Waals surface area contributed by atoms with Gasteiger partial charge in [0, 0.05) is 16.6 Å². The van der Waals surface area contributed by atoms with E-state index < -0.39 is 0 Å². The van der Waals surface area contributed by atoms with Gasteiger partial charge in [-0.3, -0.25) is 4.79 Å². The van der Waals surface area contributed by atoms with Crippen molar-refractivity contribution in [1.29, 1.82) is 0 Å². The van der Waals surface area contributed by atoms with Gasteiger partial charge in [-0.1, -0.05) is 42.0 Å². The number of nitrogens with one attached hydrogen (secondary N) is 2. The van der Waals surface area contributed by atoms with E-state index >= 15 is 0 Å². The Morgan fingerprint density at radius 2 is 1.72 bits per heavy atom. The number of fused-ring (bicyclic) bond motifs is 1. The second-order valence-electron chi connectivity index (χ2n) is 6.73. The Morgan fingerprint density at radius 3 is 2.48 bits per heavy atom. The lowest BCUT2D eigenvalue weighted by atomic mass is 10.0. The largest absolute Gasteiger partial charge is 0.508 e. The van der Waals surface area contributed by atoms with E-state index in [1.165, 1.54) is 12.1 Å². The fourth-order valence-electron chi connectivity index (χ4n) is 3.05. The number of phenolic OH excluding ortho intramolecular Hbond substituents is 1. The van der Waals surface area contributed by atoms with Gasteiger partial charge in [0.2, 0.25) is 11.9 Å². The third-order valence-corrected chi connectivity index (χ3v) is 4.46. The minimum Gasteiger partial charge on any atom is -0.508 e. The molecule has 0 aliphatic heterocycles. The Morgan fingerprint density at radius 1 is 0.966 bits per heavy atom. The monoisotopic (exact) mass is 384 g/mol. The summed E-state index contributed by atoms with van der Waals surface area (Å²) in [6.45, 7) is 2.06. The maximum atomic E-state index is 12.2. The van der Waals surface area contributed by atoms with Crippen LogP contribution in [0.5, 0.6) is 5.75 Å². The molecular formula is C23H20N4O2. The molecule has 0 saturated heterocycles. The molecule has 29 heavy (non-hydrogen) atoms. The highest BCUT2D eigenvalue weighted by Gasteiger charge is 2.11. The van der Waals surface area contributed by atoms with Crippen LogP contribution < -0.4 is 10.6 Å². The maximum Gasteiger partial charge on any atom is 0.243 e. The summed E-state index contributed by atoms with van der Waals surface area (Å²) >= 11 is 0. The number of carbonyl (C=O) groups excluding carboxylic acids is 1. The summed E-state index contributed by atoms with van der Waals surface area (Å²) in [5.74, 6) is 0.306. The molecule has 0 saturated carbocycles. The Labute approximate surface area is 168 Å². The van der Waals surface area contributed by atoms with Crippen LogP contribution in [0.25, 0.3) is 22.2 Å². The molecule has 6 heteroatoms. The molecule has 0 bridgehead atoms. The third-order valence-electron chi connectivity index (χ3n) is 4.46. The third kappa shape index (κ3) is 4.32. The van der Waals surface area contributed by atoms with Crippen LogP contribution in [-0.4, -0.2) is 27.5 Å². The van der Waals surface area contributed by atoms with Crippen LogP contribution in [0.4, 0.5) is 11.6 Å². The summed E-state index contributed by atoms with van der Waals surface area (Å²) < 4.78 is 0. The van der Waals surface area contributed by atoms with Crippen LogP contribution in [0.15, 0.2) is 72.8 Å². The lowest BCUT2D eigenvalue weighted by Gasteiger charge is -2.11. The first-order chi connectivity index (χ1) is 14.1. The predicted molar refractivity (Wildman–Crippen MR) is 115 cm³/mol. The summed E-state index contributed by atoms with van der Waals surface area (Å²) in [6, 6.07) is 22.2. The van der Waals surface area contributed by atoms with Gasteiger partial charge in [0.1, 0.15) is 5.75 Å². The van der Waals surface area contributed by atoms with Crippen molar-refractivity contribution >= 4 is 28.4 Å². The number of nitrogens with zero attached hydrogens (tertiary/aromatic N) is 2. The molecule has 0 aliphatic rings. The first kappa shape index (κ1) is 18.4. The lowest BCUT2D eigenvalue weighted by molar-refractivity contribution is -0.114. The van der Waals surface area contributed by atoms with Gasteiger partial charge < -0.3 is 15.7 Å². The molecule has 0 spiro atoms. The van der Waals surface area contributed by atoms with Crippen LogP contribution in [0, 0.1) is 6.92 Å². The van der Waals surface area contributed by atoms with Crippen LogP contribution in [0.3, 0.4) is 0 Å². The van der Waals surface area contributed by atoms with Gasteiger partial charge in [-0.05, 0) is 43.3 Å². The maximum absolute atomic E-state index is 12.2. The molecule has 4 rings (SSSR count). The number of hydrogen-bond donors (Lipinski definition) is 3. The van der Waals surface area contributed by atoms with Gasteiger partial charge in [0.15, 0.2) is 0 Å². The van der Waals surface area contributed by atoms with Crippen molar-refractivity contribution in [2.75, 3.05) is 17.2 Å². The highest BCUT2D eigenvalue weighted by Crippen LogP contribution is 2.28. The molecule has 144 valence electrons. The van der Waals surface area contributed by atoms with Crippen LogP contribution in [-0.2, 0) is 4.79 Å². The number of aromatic nitrogens is 2. The van der Waals surface area contributed by atoms with Crippen molar-refractivity contribution in [2.24, 2.45) is 0 Å². The number of anilines is 2. The number of phenols is 1. The van der Waals surface area contributed by atoms with E-state index in [0.29, 0.717) is 11.6 Å². The quantitative estimate of drug-likeness (QED) is 0.445. The fourth-order valence-corrected chi connectivity index (χ4v) is 3.05. The number of hydrogen-bond acceptors (Lipinski definition) is 5. The van der Waals surface area contributed by atoms with Crippen molar-refractivity contribution < 1.29 is 9.90 Å². The molecular weight excluding hydrogens is 364 g/mol. The van der Waals surface area contributed by atoms with E-state index in [4.69, 9.17) is 0 Å². The van der Waals surface area contributed by atoms with Gasteiger partial charge in [0.25, 0.3) is 0 Å². The first-order valence-electron chi connectivity index (χ1n) is 9.25. The summed E-state index contributed by atoms with van der Waals surface area (Å²) in [6.07, 6.45) is 0. The average Bonchev–Trinajstić information content (AvgIpc) is 2.74. The Kier molecular flexibility index (Phi) is 5.07. The van der Waals surface area contributed by atoms with Crippen molar-refractivity contribution in [1.82, 2.24) is 9.97 Å². The van der Waals surface area contributed by atoms with Gasteiger partial charge in [-0.2, -0.15) is 0 Å². The number of rotatable bonds is 5.